The zero-order valence-electron chi connectivity index (χ0n) is 18.8. The number of rotatable bonds is 7. The Balaban J connectivity index is 1.65. The number of imidazole rings is 1. The van der Waals surface area contributed by atoms with E-state index in [2.05, 4.69) is 47.0 Å². The van der Waals surface area contributed by atoms with E-state index in [1.54, 1.807) is 14.6 Å². The van der Waals surface area contributed by atoms with Crippen LogP contribution in [0.4, 0.5) is 0 Å². The fourth-order valence-electron chi connectivity index (χ4n) is 3.37. The lowest BCUT2D eigenvalue weighted by Crippen LogP contribution is -2.50. The normalized spacial score (nSPS) is 12.3. The van der Waals surface area contributed by atoms with Crippen LogP contribution in [0.15, 0.2) is 78.9 Å². The topological polar surface area (TPSA) is 36.3 Å². The monoisotopic (exact) mass is 411 g/mol. The van der Waals surface area contributed by atoms with Gasteiger partial charge in [0.2, 0.25) is 0 Å². The van der Waals surface area contributed by atoms with Crippen LogP contribution in [-0.2, 0) is 9.39 Å². The molecule has 0 unspecified atom stereocenters. The van der Waals surface area contributed by atoms with Crippen LogP contribution in [0.1, 0.15) is 27.7 Å². The van der Waals surface area contributed by atoms with Gasteiger partial charge >= 0.3 is 7.48 Å². The van der Waals surface area contributed by atoms with Gasteiger partial charge < -0.3 is 9.39 Å². The summed E-state index contributed by atoms with van der Waals surface area (Å²) in [6, 6.07) is 26.8. The van der Waals surface area contributed by atoms with Gasteiger partial charge in [-0.15, -0.1) is 0 Å². The van der Waals surface area contributed by atoms with Crippen molar-refractivity contribution in [3.05, 3.63) is 78.9 Å². The molecule has 0 bridgehead atoms. The lowest BCUT2D eigenvalue weighted by atomic mass is 9.82. The summed E-state index contributed by atoms with van der Waals surface area (Å²) in [4.78, 5) is 4.92. The number of fused-ring (bicyclic) bond motifs is 1. The highest BCUT2D eigenvalue weighted by Gasteiger charge is 2.37. The van der Waals surface area contributed by atoms with Crippen LogP contribution in [0.2, 0.25) is 0 Å². The molecule has 4 nitrogen and oxygen atoms in total. The summed E-state index contributed by atoms with van der Waals surface area (Å²) in [5.41, 5.74) is 4.31. The van der Waals surface area contributed by atoms with Gasteiger partial charge in [0.15, 0.2) is 0 Å². The largest absolute Gasteiger partial charge is 0.427 e. The summed E-state index contributed by atoms with van der Waals surface area (Å²) in [6.07, 6.45) is 0. The molecule has 4 rings (SSSR count). The van der Waals surface area contributed by atoms with Crippen molar-refractivity contribution in [2.75, 3.05) is 7.11 Å². The van der Waals surface area contributed by atoms with Gasteiger partial charge in [-0.05, 0) is 52.0 Å². The molecule has 0 saturated heterocycles. The Bertz CT molecular complexity index is 1170. The van der Waals surface area contributed by atoms with Crippen molar-refractivity contribution in [1.82, 2.24) is 9.55 Å². The Kier molecular flexibility index (Phi) is 5.74. The smallest absolute Gasteiger partial charge is 0.330 e. The lowest BCUT2D eigenvalue weighted by molar-refractivity contribution is -0.114. The van der Waals surface area contributed by atoms with Crippen LogP contribution in [-0.4, -0.2) is 35.3 Å². The second kappa shape index (κ2) is 8.33. The first-order chi connectivity index (χ1) is 14.8. The first-order valence-electron chi connectivity index (χ1n) is 10.5. The van der Waals surface area contributed by atoms with E-state index in [-0.39, 0.29) is 0 Å². The molecule has 0 atom stereocenters. The summed E-state index contributed by atoms with van der Waals surface area (Å²) in [5, 5.41) is 0. The van der Waals surface area contributed by atoms with Crippen LogP contribution in [0, 0.1) is 0 Å². The maximum atomic E-state index is 6.09. The van der Waals surface area contributed by atoms with Crippen molar-refractivity contribution in [2.24, 2.45) is 0 Å². The molecule has 0 aliphatic carbocycles. The van der Waals surface area contributed by atoms with Crippen LogP contribution >= 0.6 is 0 Å². The summed E-state index contributed by atoms with van der Waals surface area (Å²) >= 11 is 0. The van der Waals surface area contributed by atoms with Gasteiger partial charge in [0.25, 0.3) is 0 Å². The fourth-order valence-corrected chi connectivity index (χ4v) is 3.37. The van der Waals surface area contributed by atoms with Gasteiger partial charge in [-0.1, -0.05) is 60.1 Å². The molecule has 0 saturated carbocycles. The summed E-state index contributed by atoms with van der Waals surface area (Å²) in [7, 11) is 3.50. The molecule has 1 aromatic heterocycles. The van der Waals surface area contributed by atoms with E-state index in [1.165, 1.54) is 0 Å². The molecule has 0 amide bonds. The maximum Gasteiger partial charge on any atom is 0.330 e. The number of benzene rings is 3. The van der Waals surface area contributed by atoms with Crippen LogP contribution in [0.3, 0.4) is 0 Å². The standard InChI is InChI=1S/C26H28BN2O2/c1-25(2,30-5)26(3,4)31-27-20-17-15-19(16-18-20)24-28-22-13-9-10-14-23(22)29(24)21-11-7-6-8-12-21/h6-18H,1-5H3. The Morgan fingerprint density at radius 2 is 1.42 bits per heavy atom. The minimum Gasteiger partial charge on any atom is -0.427 e. The first kappa shape index (κ1) is 21.4. The third-order valence-corrected chi connectivity index (χ3v) is 6.19. The van der Waals surface area contributed by atoms with E-state index >= 15 is 0 Å². The average Bonchev–Trinajstić information content (AvgIpc) is 3.18. The van der Waals surface area contributed by atoms with Gasteiger partial charge in [0.1, 0.15) is 5.82 Å². The number of nitrogens with zero attached hydrogens (tertiary/aromatic N) is 2. The molecule has 4 aromatic rings. The average molecular weight is 411 g/mol. The van der Waals surface area contributed by atoms with Gasteiger partial charge in [-0.3, -0.25) is 4.57 Å². The molecular weight excluding hydrogens is 383 g/mol. The second-order valence-corrected chi connectivity index (χ2v) is 8.68. The van der Waals surface area contributed by atoms with Crippen molar-refractivity contribution in [3.63, 3.8) is 0 Å². The number of methoxy groups -OCH3 is 1. The Labute approximate surface area is 185 Å². The summed E-state index contributed by atoms with van der Waals surface area (Å²) in [6.45, 7) is 8.11. The van der Waals surface area contributed by atoms with E-state index in [0.717, 1.165) is 33.6 Å². The van der Waals surface area contributed by atoms with Crippen molar-refractivity contribution in [3.8, 4) is 17.1 Å². The number of para-hydroxylation sites is 3. The molecule has 5 heteroatoms. The van der Waals surface area contributed by atoms with Crippen molar-refractivity contribution < 1.29 is 9.39 Å². The second-order valence-electron chi connectivity index (χ2n) is 8.68. The highest BCUT2D eigenvalue weighted by atomic mass is 16.5. The van der Waals surface area contributed by atoms with Crippen molar-refractivity contribution >= 4 is 24.0 Å². The van der Waals surface area contributed by atoms with E-state index in [9.17, 15) is 0 Å². The third-order valence-electron chi connectivity index (χ3n) is 6.19. The minimum absolute atomic E-state index is 0.413. The highest BCUT2D eigenvalue weighted by molar-refractivity contribution is 6.47. The number of ether oxygens (including phenoxy) is 1. The molecule has 1 radical (unpaired) electrons. The zero-order valence-corrected chi connectivity index (χ0v) is 18.8. The fraction of sp³-hybridized carbons (Fsp3) is 0.269. The maximum absolute atomic E-state index is 6.09. The molecule has 0 N–H and O–H groups in total. The first-order valence-corrected chi connectivity index (χ1v) is 10.5. The molecule has 1 heterocycles. The molecule has 31 heavy (non-hydrogen) atoms. The van der Waals surface area contributed by atoms with Crippen LogP contribution < -0.4 is 5.46 Å². The Morgan fingerprint density at radius 3 is 2.10 bits per heavy atom. The molecule has 0 aliphatic heterocycles. The Hall–Kier alpha value is -2.89. The van der Waals surface area contributed by atoms with Crippen molar-refractivity contribution in [1.29, 1.82) is 0 Å². The molecular formula is C26H28BN2O2. The molecule has 0 fully saturated rings. The number of hydrogen-bond acceptors (Lipinski definition) is 3. The highest BCUT2D eigenvalue weighted by Crippen LogP contribution is 2.29. The van der Waals surface area contributed by atoms with E-state index in [4.69, 9.17) is 14.4 Å². The molecule has 0 aliphatic rings. The molecule has 3 aromatic carbocycles. The number of aromatic nitrogens is 2. The number of hydrogen-bond donors (Lipinski definition) is 0. The van der Waals surface area contributed by atoms with Crippen LogP contribution in [0.25, 0.3) is 28.1 Å². The van der Waals surface area contributed by atoms with E-state index < -0.39 is 11.2 Å². The Morgan fingerprint density at radius 1 is 0.774 bits per heavy atom. The lowest BCUT2D eigenvalue weighted by Gasteiger charge is -2.40. The van der Waals surface area contributed by atoms with Gasteiger partial charge in [0.05, 0.1) is 22.2 Å². The summed E-state index contributed by atoms with van der Waals surface area (Å²) < 4.78 is 13.9. The van der Waals surface area contributed by atoms with Gasteiger partial charge in [-0.2, -0.15) is 0 Å². The van der Waals surface area contributed by atoms with E-state index in [0.29, 0.717) is 0 Å². The summed E-state index contributed by atoms with van der Waals surface area (Å²) in [5.74, 6) is 0.917. The van der Waals surface area contributed by atoms with E-state index in [1.807, 2.05) is 64.1 Å². The quantitative estimate of drug-likeness (QED) is 0.395. The predicted molar refractivity (Wildman–Crippen MR) is 128 cm³/mol. The predicted octanol–water partition coefficient (Wildman–Crippen LogP) is 5.16. The third kappa shape index (κ3) is 4.16. The minimum atomic E-state index is -0.471. The van der Waals surface area contributed by atoms with Crippen LogP contribution in [0.5, 0.6) is 0 Å². The molecule has 157 valence electrons. The van der Waals surface area contributed by atoms with Gasteiger partial charge in [-0.25, -0.2) is 4.98 Å². The zero-order chi connectivity index (χ0) is 22.1. The van der Waals surface area contributed by atoms with Gasteiger partial charge in [0, 0.05) is 18.4 Å². The van der Waals surface area contributed by atoms with Crippen molar-refractivity contribution in [2.45, 2.75) is 38.9 Å². The molecule has 0 spiro atoms. The SMILES string of the molecule is COC(C)(C)C(C)(C)O[B]c1ccc(-c2nc3ccccc3n2-c2ccccc2)cc1.